The van der Waals surface area contributed by atoms with Crippen LogP contribution in [0.4, 0.5) is 0 Å². The molecule has 0 spiro atoms. The molecule has 21 heavy (non-hydrogen) atoms. The summed E-state index contributed by atoms with van der Waals surface area (Å²) in [5, 5.41) is 7.61. The third-order valence-corrected chi connectivity index (χ3v) is 5.16. The molecule has 2 rings (SSSR count). The van der Waals surface area contributed by atoms with Crippen molar-refractivity contribution in [3.63, 3.8) is 0 Å². The van der Waals surface area contributed by atoms with E-state index in [0.717, 1.165) is 11.7 Å². The van der Waals surface area contributed by atoms with Crippen LogP contribution in [-0.2, 0) is 0 Å². The molecule has 1 saturated carbocycles. The summed E-state index contributed by atoms with van der Waals surface area (Å²) >= 11 is 0. The van der Waals surface area contributed by atoms with E-state index in [2.05, 4.69) is 45.1 Å². The molecule has 0 aromatic carbocycles. The second-order valence-corrected chi connectivity index (χ2v) is 7.78. The van der Waals surface area contributed by atoms with Gasteiger partial charge in [0, 0.05) is 12.0 Å². The Morgan fingerprint density at radius 2 is 1.81 bits per heavy atom. The number of rotatable bonds is 5. The SMILES string of the molecule is CNC(C)C(c1nc(C2CCC(C)(C)CC2)no1)C(C)C. The third kappa shape index (κ3) is 3.85. The van der Waals surface area contributed by atoms with Crippen molar-refractivity contribution in [1.82, 2.24) is 15.5 Å². The molecule has 2 atom stereocenters. The molecule has 1 aliphatic rings. The molecule has 1 aromatic heterocycles. The molecule has 1 heterocycles. The Hall–Kier alpha value is -0.900. The smallest absolute Gasteiger partial charge is 0.231 e. The molecule has 0 radical (unpaired) electrons. The van der Waals surface area contributed by atoms with E-state index in [0.29, 0.717) is 23.3 Å². The molecule has 1 fully saturated rings. The Balaban J connectivity index is 2.10. The lowest BCUT2D eigenvalue weighted by atomic mass is 9.73. The number of hydrogen-bond donors (Lipinski definition) is 1. The first-order valence-corrected chi connectivity index (χ1v) is 8.35. The minimum atomic E-state index is 0.274. The Morgan fingerprint density at radius 3 is 2.33 bits per heavy atom. The van der Waals surface area contributed by atoms with Crippen LogP contribution in [0.5, 0.6) is 0 Å². The average Bonchev–Trinajstić information content (AvgIpc) is 2.87. The molecule has 1 aromatic rings. The molecular formula is C17H31N3O. The van der Waals surface area contributed by atoms with Crippen LogP contribution in [0.1, 0.15) is 83.9 Å². The Morgan fingerprint density at radius 1 is 1.19 bits per heavy atom. The zero-order valence-electron chi connectivity index (χ0n) is 14.4. The zero-order chi connectivity index (χ0) is 15.6. The molecule has 2 unspecified atom stereocenters. The van der Waals surface area contributed by atoms with Gasteiger partial charge >= 0.3 is 0 Å². The summed E-state index contributed by atoms with van der Waals surface area (Å²) in [5.74, 6) is 2.96. The Bertz CT molecular complexity index is 443. The standard InChI is InChI=1S/C17H31N3O/c1-11(2)14(12(3)18-6)16-19-15(20-21-16)13-7-9-17(4,5)10-8-13/h11-14,18H,7-10H2,1-6H3. The van der Waals surface area contributed by atoms with Gasteiger partial charge in [-0.15, -0.1) is 0 Å². The van der Waals surface area contributed by atoms with Crippen LogP contribution in [0.15, 0.2) is 4.52 Å². The van der Waals surface area contributed by atoms with Crippen molar-refractivity contribution >= 4 is 0 Å². The average molecular weight is 293 g/mol. The fraction of sp³-hybridized carbons (Fsp3) is 0.882. The van der Waals surface area contributed by atoms with Crippen LogP contribution in [0, 0.1) is 11.3 Å². The largest absolute Gasteiger partial charge is 0.339 e. The van der Waals surface area contributed by atoms with Gasteiger partial charge in [-0.1, -0.05) is 32.9 Å². The minimum absolute atomic E-state index is 0.274. The molecule has 0 aliphatic heterocycles. The Labute approximate surface area is 129 Å². The van der Waals surface area contributed by atoms with E-state index in [1.54, 1.807) is 0 Å². The molecule has 4 heteroatoms. The second-order valence-electron chi connectivity index (χ2n) is 7.78. The van der Waals surface area contributed by atoms with Crippen LogP contribution in [-0.4, -0.2) is 23.2 Å². The lowest BCUT2D eigenvalue weighted by Gasteiger charge is -2.32. The lowest BCUT2D eigenvalue weighted by Crippen LogP contribution is -2.32. The summed E-state index contributed by atoms with van der Waals surface area (Å²) in [6.07, 6.45) is 4.87. The van der Waals surface area contributed by atoms with Gasteiger partial charge in [-0.3, -0.25) is 0 Å². The van der Waals surface area contributed by atoms with E-state index >= 15 is 0 Å². The quantitative estimate of drug-likeness (QED) is 0.888. The first-order chi connectivity index (χ1) is 9.84. The van der Waals surface area contributed by atoms with Crippen LogP contribution in [0.3, 0.4) is 0 Å². The summed E-state index contributed by atoms with van der Waals surface area (Å²) in [4.78, 5) is 4.75. The summed E-state index contributed by atoms with van der Waals surface area (Å²) in [6.45, 7) is 11.3. The van der Waals surface area contributed by atoms with E-state index < -0.39 is 0 Å². The van der Waals surface area contributed by atoms with Gasteiger partial charge in [0.2, 0.25) is 5.89 Å². The van der Waals surface area contributed by atoms with Crippen molar-refractivity contribution in [2.24, 2.45) is 11.3 Å². The van der Waals surface area contributed by atoms with Crippen LogP contribution in [0.2, 0.25) is 0 Å². The van der Waals surface area contributed by atoms with Gasteiger partial charge in [-0.2, -0.15) is 4.98 Å². The maximum atomic E-state index is 5.62. The highest BCUT2D eigenvalue weighted by molar-refractivity contribution is 5.04. The van der Waals surface area contributed by atoms with Crippen molar-refractivity contribution < 1.29 is 4.52 Å². The molecule has 0 saturated heterocycles. The molecule has 0 bridgehead atoms. The van der Waals surface area contributed by atoms with Crippen molar-refractivity contribution in [1.29, 1.82) is 0 Å². The van der Waals surface area contributed by atoms with Gasteiger partial charge in [-0.25, -0.2) is 0 Å². The second kappa shape index (κ2) is 6.47. The predicted molar refractivity (Wildman–Crippen MR) is 85.4 cm³/mol. The molecule has 120 valence electrons. The maximum Gasteiger partial charge on any atom is 0.231 e. The van der Waals surface area contributed by atoms with E-state index in [9.17, 15) is 0 Å². The van der Waals surface area contributed by atoms with Crippen molar-refractivity contribution in [3.8, 4) is 0 Å². The van der Waals surface area contributed by atoms with E-state index in [4.69, 9.17) is 9.51 Å². The van der Waals surface area contributed by atoms with Crippen molar-refractivity contribution in [2.45, 2.75) is 78.2 Å². The monoisotopic (exact) mass is 293 g/mol. The molecular weight excluding hydrogens is 262 g/mol. The van der Waals surface area contributed by atoms with Gasteiger partial charge in [0.1, 0.15) is 0 Å². The van der Waals surface area contributed by atoms with Crippen molar-refractivity contribution in [2.75, 3.05) is 7.05 Å². The molecule has 1 aliphatic carbocycles. The maximum absolute atomic E-state index is 5.62. The number of nitrogens with zero attached hydrogens (tertiary/aromatic N) is 2. The third-order valence-electron chi connectivity index (χ3n) is 5.16. The topological polar surface area (TPSA) is 51.0 Å². The van der Waals surface area contributed by atoms with Gasteiger partial charge in [0.15, 0.2) is 5.82 Å². The number of likely N-dealkylation sites (N-methyl/N-ethyl adjacent to an activating group) is 1. The summed E-state index contributed by atoms with van der Waals surface area (Å²) in [6, 6.07) is 0.337. The fourth-order valence-corrected chi connectivity index (χ4v) is 3.46. The fourth-order valence-electron chi connectivity index (χ4n) is 3.46. The first-order valence-electron chi connectivity index (χ1n) is 8.35. The highest BCUT2D eigenvalue weighted by Gasteiger charge is 2.32. The highest BCUT2D eigenvalue weighted by Crippen LogP contribution is 2.42. The first kappa shape index (κ1) is 16.5. The highest BCUT2D eigenvalue weighted by atomic mass is 16.5. The number of hydrogen-bond acceptors (Lipinski definition) is 4. The summed E-state index contributed by atoms with van der Waals surface area (Å²) in [7, 11) is 1.99. The van der Waals surface area contributed by atoms with E-state index in [1.165, 1.54) is 25.7 Å². The molecule has 4 nitrogen and oxygen atoms in total. The van der Waals surface area contributed by atoms with Crippen LogP contribution < -0.4 is 5.32 Å². The molecule has 1 N–H and O–H groups in total. The van der Waals surface area contributed by atoms with E-state index in [-0.39, 0.29) is 5.92 Å². The Kier molecular flexibility index (Phi) is 5.07. The lowest BCUT2D eigenvalue weighted by molar-refractivity contribution is 0.218. The number of nitrogens with one attached hydrogen (secondary N) is 1. The number of aromatic nitrogens is 2. The van der Waals surface area contributed by atoms with Gasteiger partial charge in [0.25, 0.3) is 0 Å². The van der Waals surface area contributed by atoms with Crippen LogP contribution >= 0.6 is 0 Å². The summed E-state index contributed by atoms with van der Waals surface area (Å²) in [5.41, 5.74) is 0.476. The zero-order valence-corrected chi connectivity index (χ0v) is 14.4. The molecule has 0 amide bonds. The normalized spacial score (nSPS) is 22.4. The van der Waals surface area contributed by atoms with Gasteiger partial charge < -0.3 is 9.84 Å². The van der Waals surface area contributed by atoms with Crippen LogP contribution in [0.25, 0.3) is 0 Å². The van der Waals surface area contributed by atoms with Gasteiger partial charge in [-0.05, 0) is 51.0 Å². The predicted octanol–water partition coefficient (Wildman–Crippen LogP) is 4.10. The van der Waals surface area contributed by atoms with Gasteiger partial charge in [0.05, 0.1) is 5.92 Å². The summed E-state index contributed by atoms with van der Waals surface area (Å²) < 4.78 is 5.62. The minimum Gasteiger partial charge on any atom is -0.339 e. The van der Waals surface area contributed by atoms with Crippen molar-refractivity contribution in [3.05, 3.63) is 11.7 Å². The van der Waals surface area contributed by atoms with E-state index in [1.807, 2.05) is 7.05 Å².